The maximum absolute atomic E-state index is 13.2. The number of hydrogen-bond acceptors (Lipinski definition) is 5. The summed E-state index contributed by atoms with van der Waals surface area (Å²) in [7, 11) is -4.74. The van der Waals surface area contributed by atoms with Crippen molar-refractivity contribution in [3.8, 4) is 0 Å². The normalized spacial score (nSPS) is 20.3. The molecule has 0 spiro atoms. The number of hydroxylamine groups is 1. The van der Waals surface area contributed by atoms with E-state index in [1.807, 2.05) is 0 Å². The second-order valence-corrected chi connectivity index (χ2v) is 10.8. The minimum absolute atomic E-state index is 0.130. The topological polar surface area (TPSA) is 93.7 Å². The van der Waals surface area contributed by atoms with Crippen molar-refractivity contribution in [1.82, 2.24) is 10.2 Å². The molecule has 212 valence electrons. The van der Waals surface area contributed by atoms with E-state index in [9.17, 15) is 39.6 Å². The van der Waals surface area contributed by atoms with Crippen molar-refractivity contribution >= 4 is 22.0 Å². The molecule has 2 atom stereocenters. The second-order valence-electron chi connectivity index (χ2n) is 9.13. The number of fused-ring (bicyclic) bond motifs is 1. The molecule has 2 N–H and O–H groups in total. The lowest BCUT2D eigenvalue weighted by atomic mass is 10.0. The van der Waals surface area contributed by atoms with Crippen molar-refractivity contribution in [3.63, 3.8) is 0 Å². The van der Waals surface area contributed by atoms with E-state index in [4.69, 9.17) is 9.57 Å². The van der Waals surface area contributed by atoms with Gasteiger partial charge >= 0.3 is 12.4 Å². The Morgan fingerprint density at radius 2 is 1.67 bits per heavy atom. The number of ether oxygens (including phenoxy) is 1. The van der Waals surface area contributed by atoms with E-state index in [0.29, 0.717) is 30.6 Å². The van der Waals surface area contributed by atoms with Crippen LogP contribution in [0.1, 0.15) is 59.5 Å². The molecular formula is C25H24F6N2O5S. The minimum atomic E-state index is -5.18. The summed E-state index contributed by atoms with van der Waals surface area (Å²) in [4.78, 5) is 16.1. The monoisotopic (exact) mass is 578 g/mol. The number of hydrogen-bond donors (Lipinski definition) is 2. The van der Waals surface area contributed by atoms with Crippen LogP contribution < -0.4 is 10.2 Å². The van der Waals surface area contributed by atoms with Crippen LogP contribution in [-0.2, 0) is 43.2 Å². The summed E-state index contributed by atoms with van der Waals surface area (Å²) in [5.41, 5.74) is 0.708. The second kappa shape index (κ2) is 11.3. The van der Waals surface area contributed by atoms with Crippen molar-refractivity contribution in [2.75, 3.05) is 6.61 Å². The van der Waals surface area contributed by atoms with Gasteiger partial charge < -0.3 is 4.74 Å². The van der Waals surface area contributed by atoms with Gasteiger partial charge in [0, 0.05) is 25.1 Å². The zero-order valence-corrected chi connectivity index (χ0v) is 21.0. The average Bonchev–Trinajstić information content (AvgIpc) is 3.26. The first-order chi connectivity index (χ1) is 18.2. The van der Waals surface area contributed by atoms with Gasteiger partial charge in [0.1, 0.15) is 0 Å². The van der Waals surface area contributed by atoms with Crippen LogP contribution in [0.25, 0.3) is 6.08 Å². The maximum atomic E-state index is 13.2. The molecule has 2 aromatic carbocycles. The van der Waals surface area contributed by atoms with Gasteiger partial charge in [-0.1, -0.05) is 18.2 Å². The fraction of sp³-hybridized carbons (Fsp3) is 0.400. The highest BCUT2D eigenvalue weighted by Gasteiger charge is 2.39. The third-order valence-corrected chi connectivity index (χ3v) is 7.72. The van der Waals surface area contributed by atoms with Gasteiger partial charge in [0.05, 0.1) is 16.0 Å². The van der Waals surface area contributed by atoms with Crippen LogP contribution in [0.15, 0.2) is 47.4 Å². The SMILES string of the molecule is O=C(/C=C/c1ccc2c(c1)CCC2NS(=O)(=O)c1cc(C(F)(F)F)cc(C(F)(F)F)c1)NOC1CCCCO1. The van der Waals surface area contributed by atoms with E-state index >= 15 is 0 Å². The molecule has 1 amide bonds. The Bertz CT molecular complexity index is 1320. The molecule has 2 unspecified atom stereocenters. The number of halogens is 6. The highest BCUT2D eigenvalue weighted by molar-refractivity contribution is 7.89. The molecule has 39 heavy (non-hydrogen) atoms. The predicted octanol–water partition coefficient (Wildman–Crippen LogP) is 5.28. The summed E-state index contributed by atoms with van der Waals surface area (Å²) in [5, 5.41) is 0. The molecule has 0 aromatic heterocycles. The van der Waals surface area contributed by atoms with Crippen molar-refractivity contribution in [3.05, 3.63) is 70.3 Å². The van der Waals surface area contributed by atoms with Crippen LogP contribution in [0.2, 0.25) is 0 Å². The smallest absolute Gasteiger partial charge is 0.350 e. The van der Waals surface area contributed by atoms with Crippen molar-refractivity contribution < 1.29 is 49.1 Å². The Morgan fingerprint density at radius 3 is 2.28 bits per heavy atom. The molecule has 1 aliphatic carbocycles. The lowest BCUT2D eigenvalue weighted by Gasteiger charge is -2.21. The zero-order chi connectivity index (χ0) is 28.4. The van der Waals surface area contributed by atoms with Gasteiger partial charge in [-0.25, -0.2) is 23.5 Å². The van der Waals surface area contributed by atoms with Crippen molar-refractivity contribution in [1.29, 1.82) is 0 Å². The molecule has 1 saturated heterocycles. The first-order valence-corrected chi connectivity index (χ1v) is 13.4. The molecule has 1 heterocycles. The van der Waals surface area contributed by atoms with E-state index in [-0.39, 0.29) is 24.6 Å². The molecule has 0 saturated carbocycles. The maximum Gasteiger partial charge on any atom is 0.416 e. The molecular weight excluding hydrogens is 554 g/mol. The molecule has 7 nitrogen and oxygen atoms in total. The highest BCUT2D eigenvalue weighted by atomic mass is 32.2. The van der Waals surface area contributed by atoms with Crippen LogP contribution in [0, 0.1) is 0 Å². The number of amides is 1. The molecule has 2 aliphatic rings. The van der Waals surface area contributed by atoms with Crippen LogP contribution in [-0.4, -0.2) is 27.2 Å². The summed E-state index contributed by atoms with van der Waals surface area (Å²) in [6.45, 7) is 0.553. The fourth-order valence-electron chi connectivity index (χ4n) is 4.33. The number of benzene rings is 2. The zero-order valence-electron chi connectivity index (χ0n) is 20.2. The number of carbonyl (C=O) groups is 1. The summed E-state index contributed by atoms with van der Waals surface area (Å²) < 4.78 is 112. The number of aryl methyl sites for hydroxylation is 1. The van der Waals surface area contributed by atoms with Gasteiger partial charge in [0.15, 0.2) is 6.29 Å². The summed E-state index contributed by atoms with van der Waals surface area (Å²) in [5.74, 6) is -0.519. The van der Waals surface area contributed by atoms with E-state index in [0.717, 1.165) is 18.4 Å². The molecule has 4 rings (SSSR count). The van der Waals surface area contributed by atoms with Gasteiger partial charge in [-0.2, -0.15) is 26.3 Å². The quantitative estimate of drug-likeness (QED) is 0.265. The molecule has 0 radical (unpaired) electrons. The fourth-order valence-corrected chi connectivity index (χ4v) is 5.65. The highest BCUT2D eigenvalue weighted by Crippen LogP contribution is 2.38. The Kier molecular flexibility index (Phi) is 8.40. The van der Waals surface area contributed by atoms with Gasteiger partial charge in [0.25, 0.3) is 5.91 Å². The first-order valence-electron chi connectivity index (χ1n) is 11.9. The van der Waals surface area contributed by atoms with Crippen LogP contribution in [0.5, 0.6) is 0 Å². The van der Waals surface area contributed by atoms with E-state index in [1.165, 1.54) is 12.2 Å². The number of sulfonamides is 1. The Morgan fingerprint density at radius 1 is 0.974 bits per heavy atom. The molecule has 14 heteroatoms. The predicted molar refractivity (Wildman–Crippen MR) is 126 cm³/mol. The van der Waals surface area contributed by atoms with Gasteiger partial charge in [-0.15, -0.1) is 0 Å². The number of alkyl halides is 6. The Labute approximate surface area is 220 Å². The Hall–Kier alpha value is -2.94. The van der Waals surface area contributed by atoms with Crippen molar-refractivity contribution in [2.24, 2.45) is 0 Å². The van der Waals surface area contributed by atoms with E-state index < -0.39 is 56.6 Å². The van der Waals surface area contributed by atoms with Crippen LogP contribution >= 0.6 is 0 Å². The molecule has 1 aliphatic heterocycles. The van der Waals surface area contributed by atoms with Crippen LogP contribution in [0.3, 0.4) is 0 Å². The average molecular weight is 579 g/mol. The van der Waals surface area contributed by atoms with E-state index in [2.05, 4.69) is 10.2 Å². The number of nitrogens with one attached hydrogen (secondary N) is 2. The number of rotatable bonds is 7. The molecule has 0 bridgehead atoms. The number of carbonyl (C=O) groups excluding carboxylic acids is 1. The summed E-state index contributed by atoms with van der Waals surface area (Å²) in [6, 6.07) is 4.27. The summed E-state index contributed by atoms with van der Waals surface area (Å²) >= 11 is 0. The lowest BCUT2D eigenvalue weighted by molar-refractivity contribution is -0.198. The molecule has 1 fully saturated rings. The van der Waals surface area contributed by atoms with Crippen LogP contribution in [0.4, 0.5) is 26.3 Å². The Balaban J connectivity index is 1.46. The van der Waals surface area contributed by atoms with Crippen molar-refractivity contribution in [2.45, 2.75) is 61.7 Å². The summed E-state index contributed by atoms with van der Waals surface area (Å²) in [6.07, 6.45) is -4.95. The van der Waals surface area contributed by atoms with Gasteiger partial charge in [-0.05, 0) is 66.6 Å². The standard InChI is InChI=1S/C25H24F6N2O5S/c26-24(27,28)17-12-18(25(29,30)31)14-19(13-17)39(35,36)33-21-8-6-16-11-15(4-7-20(16)21)5-9-22(34)32-38-23-3-1-2-10-37-23/h4-5,7,9,11-14,21,23,33H,1-3,6,8,10H2,(H,32,34)/b9-5+. The first kappa shape index (κ1) is 29.1. The largest absolute Gasteiger partial charge is 0.416 e. The van der Waals surface area contributed by atoms with E-state index in [1.54, 1.807) is 18.2 Å². The third-order valence-electron chi connectivity index (χ3n) is 6.27. The lowest BCUT2D eigenvalue weighted by Crippen LogP contribution is -2.32. The van der Waals surface area contributed by atoms with Gasteiger partial charge in [0.2, 0.25) is 10.0 Å². The molecule has 2 aromatic rings. The third kappa shape index (κ3) is 7.38. The minimum Gasteiger partial charge on any atom is -0.350 e. The van der Waals surface area contributed by atoms with Gasteiger partial charge in [-0.3, -0.25) is 4.79 Å².